The Bertz CT molecular complexity index is 1170. The molecule has 1 aromatic carbocycles. The number of benzene rings is 1. The van der Waals surface area contributed by atoms with E-state index in [-0.39, 0.29) is 17.4 Å². The van der Waals surface area contributed by atoms with Gasteiger partial charge in [-0.1, -0.05) is 0 Å². The summed E-state index contributed by atoms with van der Waals surface area (Å²) in [5.74, 6) is 0.818. The highest BCUT2D eigenvalue weighted by Gasteiger charge is 2.20. The molecule has 3 heterocycles. The molecule has 148 valence electrons. The van der Waals surface area contributed by atoms with Crippen molar-refractivity contribution in [2.75, 3.05) is 5.32 Å². The Morgan fingerprint density at radius 3 is 2.55 bits per heavy atom. The van der Waals surface area contributed by atoms with Crippen LogP contribution < -0.4 is 5.32 Å². The fourth-order valence-electron chi connectivity index (χ4n) is 3.36. The van der Waals surface area contributed by atoms with Crippen LogP contribution in [0.2, 0.25) is 0 Å². The second kappa shape index (κ2) is 7.01. The van der Waals surface area contributed by atoms with E-state index < -0.39 is 0 Å². The highest BCUT2D eigenvalue weighted by molar-refractivity contribution is 6.05. The van der Waals surface area contributed by atoms with Gasteiger partial charge in [-0.25, -0.2) is 14.1 Å². The molecule has 0 saturated carbocycles. The van der Waals surface area contributed by atoms with Crippen LogP contribution in [-0.4, -0.2) is 36.7 Å². The van der Waals surface area contributed by atoms with E-state index in [0.29, 0.717) is 29.4 Å². The Kier molecular flexibility index (Phi) is 4.50. The van der Waals surface area contributed by atoms with Gasteiger partial charge in [0.2, 0.25) is 0 Å². The minimum Gasteiger partial charge on any atom is -0.504 e. The normalized spacial score (nSPS) is 16.8. The number of anilines is 1. The molecule has 29 heavy (non-hydrogen) atoms. The van der Waals surface area contributed by atoms with E-state index in [0.717, 1.165) is 16.8 Å². The molecule has 0 atom stereocenters. The summed E-state index contributed by atoms with van der Waals surface area (Å²) in [7, 11) is 1.81. The predicted octanol–water partition coefficient (Wildman–Crippen LogP) is 3.26. The van der Waals surface area contributed by atoms with Gasteiger partial charge in [-0.3, -0.25) is 10.1 Å². The van der Waals surface area contributed by atoms with Gasteiger partial charge in [-0.2, -0.15) is 10.2 Å². The number of aromatic nitrogens is 4. The van der Waals surface area contributed by atoms with Crippen molar-refractivity contribution in [3.8, 4) is 17.0 Å². The third kappa shape index (κ3) is 3.31. The van der Waals surface area contributed by atoms with Crippen molar-refractivity contribution >= 4 is 23.7 Å². The molecule has 1 aliphatic heterocycles. The summed E-state index contributed by atoms with van der Waals surface area (Å²) >= 11 is 0. The molecule has 8 nitrogen and oxygen atoms in total. The van der Waals surface area contributed by atoms with Crippen molar-refractivity contribution in [3.63, 3.8) is 0 Å². The van der Waals surface area contributed by atoms with Crippen molar-refractivity contribution < 1.29 is 9.50 Å². The first-order valence-electron chi connectivity index (χ1n) is 9.02. The second-order valence-corrected chi connectivity index (χ2v) is 6.79. The van der Waals surface area contributed by atoms with Crippen LogP contribution in [0.25, 0.3) is 17.1 Å². The van der Waals surface area contributed by atoms with Gasteiger partial charge in [0, 0.05) is 36.9 Å². The number of aryl methyl sites for hydroxylation is 2. The van der Waals surface area contributed by atoms with Crippen molar-refractivity contribution in [1.29, 1.82) is 5.41 Å². The number of amidine groups is 1. The molecule has 3 N–H and O–H groups in total. The molecule has 4 rings (SSSR count). The lowest BCUT2D eigenvalue weighted by Crippen LogP contribution is -2.11. The van der Waals surface area contributed by atoms with Gasteiger partial charge in [-0.05, 0) is 38.1 Å². The number of hydrogen-bond donors (Lipinski definition) is 3. The van der Waals surface area contributed by atoms with E-state index >= 15 is 0 Å². The van der Waals surface area contributed by atoms with Crippen LogP contribution in [0.15, 0.2) is 35.3 Å². The van der Waals surface area contributed by atoms with E-state index in [2.05, 4.69) is 20.5 Å². The first kappa shape index (κ1) is 18.6. The van der Waals surface area contributed by atoms with Crippen molar-refractivity contribution in [3.05, 3.63) is 53.1 Å². The molecule has 9 heteroatoms. The van der Waals surface area contributed by atoms with Gasteiger partial charge in [0.1, 0.15) is 17.3 Å². The number of nitrogens with zero attached hydrogens (tertiary/aromatic N) is 5. The van der Waals surface area contributed by atoms with Gasteiger partial charge in [-0.15, -0.1) is 0 Å². The standard InChI is InChI=1S/C20H20FN7O/c1-11-19(29)12(2)28(25-11)17-10-16(22)24-20-15(8-9-23-17)18(27(3)26-20)13-4-6-14(21)7-5-13/h4-7,9-10,29H,8H2,1-3H3,(H2,22,24,26)/b17-10+,23-9-. The highest BCUT2D eigenvalue weighted by Crippen LogP contribution is 2.30. The summed E-state index contributed by atoms with van der Waals surface area (Å²) in [6, 6.07) is 6.21. The zero-order chi connectivity index (χ0) is 20.7. The van der Waals surface area contributed by atoms with Crippen molar-refractivity contribution in [1.82, 2.24) is 19.6 Å². The Labute approximate surface area is 166 Å². The van der Waals surface area contributed by atoms with Crippen LogP contribution in [0.3, 0.4) is 0 Å². The number of hydrogen-bond acceptors (Lipinski definition) is 5. The molecule has 0 spiro atoms. The summed E-state index contributed by atoms with van der Waals surface area (Å²) < 4.78 is 16.5. The number of nitrogens with one attached hydrogen (secondary N) is 2. The van der Waals surface area contributed by atoms with Crippen molar-refractivity contribution in [2.45, 2.75) is 20.3 Å². The van der Waals surface area contributed by atoms with Gasteiger partial charge in [0.15, 0.2) is 17.4 Å². The summed E-state index contributed by atoms with van der Waals surface area (Å²) in [5, 5.41) is 30.2. The summed E-state index contributed by atoms with van der Waals surface area (Å²) in [6.07, 6.45) is 3.68. The van der Waals surface area contributed by atoms with Crippen LogP contribution in [0.1, 0.15) is 17.0 Å². The SMILES string of the molecule is Cc1nn(C2=C/C(=N)Nc3nn(C)c(-c4ccc(F)cc4)c3C/C=N\2)c(C)c1O. The van der Waals surface area contributed by atoms with Crippen molar-refractivity contribution in [2.24, 2.45) is 12.0 Å². The molecule has 0 saturated heterocycles. The molecular formula is C20H20FN7O. The van der Waals surface area contributed by atoms with Gasteiger partial charge >= 0.3 is 0 Å². The third-order valence-corrected chi connectivity index (χ3v) is 4.78. The maximum atomic E-state index is 13.3. The van der Waals surface area contributed by atoms with E-state index in [1.165, 1.54) is 22.9 Å². The topological polar surface area (TPSA) is 104 Å². The molecule has 0 bridgehead atoms. The number of halogens is 1. The van der Waals surface area contributed by atoms with Gasteiger partial charge in [0.25, 0.3) is 0 Å². The van der Waals surface area contributed by atoms with Gasteiger partial charge in [0.05, 0.1) is 11.4 Å². The molecular weight excluding hydrogens is 373 g/mol. The average Bonchev–Trinajstić information content (AvgIpc) is 3.14. The fraction of sp³-hybridized carbons (Fsp3) is 0.200. The van der Waals surface area contributed by atoms with E-state index in [1.807, 2.05) is 0 Å². The Balaban J connectivity index is 1.76. The lowest BCUT2D eigenvalue weighted by Gasteiger charge is -2.06. The molecule has 0 unspecified atom stereocenters. The molecule has 0 radical (unpaired) electrons. The number of aromatic hydroxyl groups is 1. The Morgan fingerprint density at radius 2 is 1.90 bits per heavy atom. The zero-order valence-corrected chi connectivity index (χ0v) is 16.2. The first-order valence-corrected chi connectivity index (χ1v) is 9.02. The second-order valence-electron chi connectivity index (χ2n) is 6.79. The molecule has 0 amide bonds. The smallest absolute Gasteiger partial charge is 0.160 e. The molecule has 0 aliphatic carbocycles. The minimum absolute atomic E-state index is 0.0797. The highest BCUT2D eigenvalue weighted by atomic mass is 19.1. The quantitative estimate of drug-likeness (QED) is 0.622. The maximum Gasteiger partial charge on any atom is 0.160 e. The monoisotopic (exact) mass is 393 g/mol. The Morgan fingerprint density at radius 1 is 1.17 bits per heavy atom. The summed E-state index contributed by atoms with van der Waals surface area (Å²) in [5.41, 5.74) is 3.52. The molecule has 0 fully saturated rings. The largest absolute Gasteiger partial charge is 0.504 e. The van der Waals surface area contributed by atoms with Gasteiger partial charge < -0.3 is 10.4 Å². The Hall–Kier alpha value is -3.75. The average molecular weight is 393 g/mol. The molecule has 1 aliphatic rings. The summed E-state index contributed by atoms with van der Waals surface area (Å²) in [6.45, 7) is 3.44. The van der Waals surface area contributed by atoms with Crippen LogP contribution >= 0.6 is 0 Å². The number of aliphatic imine (C=N–C) groups is 1. The van der Waals surface area contributed by atoms with Crippen LogP contribution in [0.4, 0.5) is 10.2 Å². The molecule has 2 aromatic heterocycles. The minimum atomic E-state index is -0.306. The number of fused-ring (bicyclic) bond motifs is 1. The van der Waals surface area contributed by atoms with Crippen LogP contribution in [0.5, 0.6) is 5.75 Å². The lowest BCUT2D eigenvalue weighted by molar-refractivity contribution is 0.466. The number of rotatable bonds is 2. The fourth-order valence-corrected chi connectivity index (χ4v) is 3.36. The maximum absolute atomic E-state index is 13.3. The lowest BCUT2D eigenvalue weighted by atomic mass is 10.1. The summed E-state index contributed by atoms with van der Waals surface area (Å²) in [4.78, 5) is 4.48. The first-order chi connectivity index (χ1) is 13.8. The predicted molar refractivity (Wildman–Crippen MR) is 110 cm³/mol. The molecule has 3 aromatic rings. The van der Waals surface area contributed by atoms with E-state index in [4.69, 9.17) is 5.41 Å². The van der Waals surface area contributed by atoms with Crippen LogP contribution in [-0.2, 0) is 13.5 Å². The van der Waals surface area contributed by atoms with Crippen LogP contribution in [0, 0.1) is 25.1 Å². The third-order valence-electron chi connectivity index (χ3n) is 4.78. The zero-order valence-electron chi connectivity index (χ0n) is 16.2. The van der Waals surface area contributed by atoms with E-state index in [1.54, 1.807) is 43.9 Å². The van der Waals surface area contributed by atoms with E-state index in [9.17, 15) is 9.50 Å².